The van der Waals surface area contributed by atoms with Gasteiger partial charge in [-0.3, -0.25) is 9.59 Å². The van der Waals surface area contributed by atoms with Gasteiger partial charge in [-0.05, 0) is 54.3 Å². The number of aryl methyl sites for hydroxylation is 2. The lowest BCUT2D eigenvalue weighted by Crippen LogP contribution is -2.31. The maximum absolute atomic E-state index is 12.7. The highest BCUT2D eigenvalue weighted by Gasteiger charge is 2.30. The molecule has 0 saturated carbocycles. The third-order valence-electron chi connectivity index (χ3n) is 4.98. The molecule has 0 saturated heterocycles. The highest BCUT2D eigenvalue weighted by molar-refractivity contribution is 9.10. The summed E-state index contributed by atoms with van der Waals surface area (Å²) in [6.45, 7) is 3.99. The van der Waals surface area contributed by atoms with E-state index in [0.717, 1.165) is 37.7 Å². The van der Waals surface area contributed by atoms with Crippen LogP contribution in [0.3, 0.4) is 0 Å². The van der Waals surface area contributed by atoms with E-state index in [4.69, 9.17) is 0 Å². The van der Waals surface area contributed by atoms with Gasteiger partial charge in [-0.15, -0.1) is 0 Å². The molecular weight excluding hydrogens is 542 g/mol. The molecule has 0 bridgehead atoms. The van der Waals surface area contributed by atoms with Crippen molar-refractivity contribution in [1.29, 1.82) is 5.26 Å². The van der Waals surface area contributed by atoms with Gasteiger partial charge in [-0.25, -0.2) is 0 Å². The summed E-state index contributed by atoms with van der Waals surface area (Å²) >= 11 is 8.11. The Hall–Kier alpha value is -2.08. The first kappa shape index (κ1) is 23.6. The molecule has 0 spiro atoms. The van der Waals surface area contributed by atoms with E-state index in [1.54, 1.807) is 0 Å². The molecule has 0 radical (unpaired) electrons. The summed E-state index contributed by atoms with van der Waals surface area (Å²) in [6, 6.07) is 13.8. The Bertz CT molecular complexity index is 1110. The summed E-state index contributed by atoms with van der Waals surface area (Å²) in [5.41, 5.74) is 4.20. The number of hydrogen-bond donors (Lipinski definition) is 2. The SMILES string of the molecule is CCc1cc(Br)cc(C)c1NC(=O)CSC1=C(C#N)[C@H](c2cccc(Br)c2)CC(=O)N1. The molecule has 0 aliphatic carbocycles. The molecule has 2 N–H and O–H groups in total. The fourth-order valence-corrected chi connectivity index (χ4v) is 5.44. The van der Waals surface area contributed by atoms with Crippen LogP contribution in [0, 0.1) is 18.3 Å². The van der Waals surface area contributed by atoms with Crippen LogP contribution in [0.2, 0.25) is 0 Å². The van der Waals surface area contributed by atoms with Crippen LogP contribution in [-0.4, -0.2) is 17.6 Å². The van der Waals surface area contributed by atoms with Crippen molar-refractivity contribution < 1.29 is 9.59 Å². The van der Waals surface area contributed by atoms with E-state index in [-0.39, 0.29) is 29.9 Å². The Morgan fingerprint density at radius 1 is 1.29 bits per heavy atom. The van der Waals surface area contributed by atoms with Crippen molar-refractivity contribution >= 4 is 61.1 Å². The van der Waals surface area contributed by atoms with Crippen molar-refractivity contribution in [2.24, 2.45) is 0 Å². The van der Waals surface area contributed by atoms with Gasteiger partial charge in [0.05, 0.1) is 22.4 Å². The predicted molar refractivity (Wildman–Crippen MR) is 132 cm³/mol. The van der Waals surface area contributed by atoms with Crippen LogP contribution >= 0.6 is 43.6 Å². The van der Waals surface area contributed by atoms with E-state index in [9.17, 15) is 14.9 Å². The number of nitrogens with one attached hydrogen (secondary N) is 2. The second-order valence-corrected chi connectivity index (χ2v) is 9.98. The number of benzene rings is 2. The van der Waals surface area contributed by atoms with E-state index in [1.807, 2.05) is 50.2 Å². The molecule has 1 aliphatic rings. The van der Waals surface area contributed by atoms with Gasteiger partial charge in [-0.2, -0.15) is 5.26 Å². The van der Waals surface area contributed by atoms with Gasteiger partial charge in [0.15, 0.2) is 0 Å². The van der Waals surface area contributed by atoms with Crippen LogP contribution in [0.25, 0.3) is 0 Å². The summed E-state index contributed by atoms with van der Waals surface area (Å²) in [4.78, 5) is 25.0. The monoisotopic (exact) mass is 561 g/mol. The van der Waals surface area contributed by atoms with Crippen LogP contribution in [-0.2, 0) is 16.0 Å². The molecule has 8 heteroatoms. The summed E-state index contributed by atoms with van der Waals surface area (Å²) in [5.74, 6) is -0.593. The number of amides is 2. The second kappa shape index (κ2) is 10.5. The van der Waals surface area contributed by atoms with Crippen molar-refractivity contribution in [2.45, 2.75) is 32.6 Å². The summed E-state index contributed by atoms with van der Waals surface area (Å²) in [6.07, 6.45) is 0.991. The topological polar surface area (TPSA) is 82.0 Å². The molecule has 1 atom stereocenters. The van der Waals surface area contributed by atoms with Gasteiger partial charge in [0.2, 0.25) is 11.8 Å². The zero-order chi connectivity index (χ0) is 22.5. The lowest BCUT2D eigenvalue weighted by molar-refractivity contribution is -0.121. The van der Waals surface area contributed by atoms with Crippen LogP contribution in [0.15, 0.2) is 55.9 Å². The zero-order valence-electron chi connectivity index (χ0n) is 17.1. The largest absolute Gasteiger partial charge is 0.325 e. The molecule has 2 aromatic rings. The van der Waals surface area contributed by atoms with Gasteiger partial charge in [-0.1, -0.05) is 62.7 Å². The molecule has 2 amide bonds. The van der Waals surface area contributed by atoms with E-state index >= 15 is 0 Å². The number of halogens is 2. The molecule has 31 heavy (non-hydrogen) atoms. The minimum absolute atomic E-state index is 0.0880. The molecule has 0 aromatic heterocycles. The number of rotatable bonds is 6. The van der Waals surface area contributed by atoms with Crippen molar-refractivity contribution in [3.05, 3.63) is 72.6 Å². The zero-order valence-corrected chi connectivity index (χ0v) is 21.1. The van der Waals surface area contributed by atoms with Crippen LogP contribution in [0.5, 0.6) is 0 Å². The lowest BCUT2D eigenvalue weighted by atomic mass is 9.87. The van der Waals surface area contributed by atoms with Crippen molar-refractivity contribution in [1.82, 2.24) is 5.32 Å². The van der Waals surface area contributed by atoms with Crippen molar-refractivity contribution in [3.8, 4) is 6.07 Å². The maximum Gasteiger partial charge on any atom is 0.234 e. The number of anilines is 1. The van der Waals surface area contributed by atoms with Gasteiger partial charge < -0.3 is 10.6 Å². The molecule has 160 valence electrons. The smallest absolute Gasteiger partial charge is 0.234 e. The first-order valence-electron chi connectivity index (χ1n) is 9.73. The third kappa shape index (κ3) is 5.79. The fraction of sp³-hybridized carbons (Fsp3) is 0.261. The molecule has 1 heterocycles. The van der Waals surface area contributed by atoms with Crippen LogP contribution in [0.4, 0.5) is 5.69 Å². The fourth-order valence-electron chi connectivity index (χ4n) is 3.52. The summed E-state index contributed by atoms with van der Waals surface area (Å²) in [7, 11) is 0. The normalized spacial score (nSPS) is 16.0. The average Bonchev–Trinajstić information content (AvgIpc) is 2.73. The van der Waals surface area contributed by atoms with E-state index < -0.39 is 0 Å². The number of carbonyl (C=O) groups excluding carboxylic acids is 2. The standard InChI is InChI=1S/C23H21Br2N3O2S/c1-3-14-8-17(25)7-13(2)22(14)27-21(30)12-31-23-19(11-26)18(10-20(29)28-23)15-5-4-6-16(24)9-15/h4-9,18H,3,10,12H2,1-2H3,(H,27,30)(H,28,29)/t18-/m0/s1. The number of thioether (sulfide) groups is 1. The van der Waals surface area contributed by atoms with Gasteiger partial charge in [0, 0.05) is 27.0 Å². The summed E-state index contributed by atoms with van der Waals surface area (Å²) < 4.78 is 1.86. The molecule has 5 nitrogen and oxygen atoms in total. The highest BCUT2D eigenvalue weighted by Crippen LogP contribution is 2.36. The Labute approximate surface area is 202 Å². The van der Waals surface area contributed by atoms with E-state index in [1.165, 1.54) is 11.8 Å². The quantitative estimate of drug-likeness (QED) is 0.466. The Kier molecular flexibility index (Phi) is 7.98. The molecule has 2 aromatic carbocycles. The molecule has 0 unspecified atom stereocenters. The number of carbonyl (C=O) groups is 2. The highest BCUT2D eigenvalue weighted by atomic mass is 79.9. The first-order valence-corrected chi connectivity index (χ1v) is 12.3. The number of hydrogen-bond acceptors (Lipinski definition) is 4. The number of allylic oxidation sites excluding steroid dienone is 1. The Morgan fingerprint density at radius 3 is 2.74 bits per heavy atom. The predicted octanol–water partition coefficient (Wildman–Crippen LogP) is 5.79. The number of nitriles is 1. The van der Waals surface area contributed by atoms with Gasteiger partial charge >= 0.3 is 0 Å². The minimum atomic E-state index is -0.331. The van der Waals surface area contributed by atoms with Gasteiger partial charge in [0.25, 0.3) is 0 Å². The Morgan fingerprint density at radius 2 is 2.06 bits per heavy atom. The second-order valence-electron chi connectivity index (χ2n) is 7.16. The Balaban J connectivity index is 1.79. The van der Waals surface area contributed by atoms with Crippen LogP contribution < -0.4 is 10.6 Å². The summed E-state index contributed by atoms with van der Waals surface area (Å²) in [5, 5.41) is 16.0. The van der Waals surface area contributed by atoms with Gasteiger partial charge in [0.1, 0.15) is 0 Å². The lowest BCUT2D eigenvalue weighted by Gasteiger charge is -2.25. The van der Waals surface area contributed by atoms with E-state index in [0.29, 0.717) is 10.6 Å². The average molecular weight is 563 g/mol. The number of nitrogens with zero attached hydrogens (tertiary/aromatic N) is 1. The molecule has 0 fully saturated rings. The van der Waals surface area contributed by atoms with Crippen molar-refractivity contribution in [2.75, 3.05) is 11.1 Å². The molecule has 1 aliphatic heterocycles. The minimum Gasteiger partial charge on any atom is -0.325 e. The maximum atomic E-state index is 12.7. The van der Waals surface area contributed by atoms with Crippen LogP contribution in [0.1, 0.15) is 36.0 Å². The molecule has 3 rings (SSSR count). The molecular formula is C23H21Br2N3O2S. The third-order valence-corrected chi connectivity index (χ3v) is 6.95. The first-order chi connectivity index (χ1) is 14.8. The van der Waals surface area contributed by atoms with Crippen molar-refractivity contribution in [3.63, 3.8) is 0 Å². The van der Waals surface area contributed by atoms with E-state index in [2.05, 4.69) is 48.6 Å².